The standard InChI is InChI=1S/C25H25FN6O2S/c1-16-23(25(33)31-14-12-30(13-15-31)19-8-10-21(34-3)11-9-19)35-24(27-16)22-17(2)32(29-28-22)20-6-4-18(26)5-7-20/h4-11H,12-15H2,1-3H3. The van der Waals surface area contributed by atoms with Crippen molar-refractivity contribution in [2.45, 2.75) is 13.8 Å². The lowest BCUT2D eigenvalue weighted by molar-refractivity contribution is 0.0750. The molecule has 5 rings (SSSR count). The molecule has 1 fully saturated rings. The molecule has 1 aliphatic rings. The summed E-state index contributed by atoms with van der Waals surface area (Å²) in [5, 5.41) is 9.16. The summed E-state index contributed by atoms with van der Waals surface area (Å²) in [4.78, 5) is 22.7. The summed E-state index contributed by atoms with van der Waals surface area (Å²) in [6.45, 7) is 6.52. The number of carbonyl (C=O) groups is 1. The van der Waals surface area contributed by atoms with E-state index in [1.807, 2.05) is 43.0 Å². The zero-order valence-corrected chi connectivity index (χ0v) is 20.5. The summed E-state index contributed by atoms with van der Waals surface area (Å²) in [7, 11) is 1.65. The topological polar surface area (TPSA) is 76.4 Å². The van der Waals surface area contributed by atoms with E-state index in [0.717, 1.165) is 30.2 Å². The predicted octanol–water partition coefficient (Wildman–Crippen LogP) is 4.12. The number of benzene rings is 2. The lowest BCUT2D eigenvalue weighted by Crippen LogP contribution is -2.48. The highest BCUT2D eigenvalue weighted by atomic mass is 32.1. The largest absolute Gasteiger partial charge is 0.497 e. The van der Waals surface area contributed by atoms with E-state index in [4.69, 9.17) is 4.74 Å². The molecular weight excluding hydrogens is 467 g/mol. The Morgan fingerprint density at radius 2 is 1.63 bits per heavy atom. The molecule has 1 saturated heterocycles. The van der Waals surface area contributed by atoms with Crippen molar-refractivity contribution in [3.63, 3.8) is 0 Å². The Kier molecular flexibility index (Phi) is 6.21. The van der Waals surface area contributed by atoms with Crippen LogP contribution in [0.25, 0.3) is 16.4 Å². The van der Waals surface area contributed by atoms with E-state index in [2.05, 4.69) is 20.2 Å². The Balaban J connectivity index is 1.30. The van der Waals surface area contributed by atoms with Gasteiger partial charge in [0.25, 0.3) is 5.91 Å². The van der Waals surface area contributed by atoms with Gasteiger partial charge in [-0.15, -0.1) is 16.4 Å². The van der Waals surface area contributed by atoms with Crippen molar-refractivity contribution in [3.05, 3.63) is 70.6 Å². The van der Waals surface area contributed by atoms with Crippen molar-refractivity contribution in [1.29, 1.82) is 0 Å². The van der Waals surface area contributed by atoms with E-state index in [9.17, 15) is 9.18 Å². The van der Waals surface area contributed by atoms with Crippen LogP contribution in [0.1, 0.15) is 21.1 Å². The van der Waals surface area contributed by atoms with E-state index in [1.165, 1.54) is 23.5 Å². The van der Waals surface area contributed by atoms with Crippen LogP contribution < -0.4 is 9.64 Å². The second-order valence-corrected chi connectivity index (χ2v) is 9.32. The van der Waals surface area contributed by atoms with Crippen LogP contribution in [0.4, 0.5) is 10.1 Å². The molecule has 0 spiro atoms. The molecule has 2 aromatic carbocycles. The number of amides is 1. The lowest BCUT2D eigenvalue weighted by atomic mass is 10.2. The molecule has 4 aromatic rings. The zero-order valence-electron chi connectivity index (χ0n) is 19.7. The number of nitrogens with zero attached hydrogens (tertiary/aromatic N) is 6. The second-order valence-electron chi connectivity index (χ2n) is 8.32. The van der Waals surface area contributed by atoms with E-state index >= 15 is 0 Å². The number of aryl methyl sites for hydroxylation is 1. The molecule has 1 aliphatic heterocycles. The fraction of sp³-hybridized carbons (Fsp3) is 0.280. The Morgan fingerprint density at radius 3 is 2.29 bits per heavy atom. The maximum Gasteiger partial charge on any atom is 0.265 e. The number of hydrogen-bond acceptors (Lipinski definition) is 7. The van der Waals surface area contributed by atoms with Crippen LogP contribution in [0.3, 0.4) is 0 Å². The Labute approximate surface area is 206 Å². The summed E-state index contributed by atoms with van der Waals surface area (Å²) in [5.41, 5.74) is 3.91. The predicted molar refractivity (Wildman–Crippen MR) is 133 cm³/mol. The number of halogens is 1. The third kappa shape index (κ3) is 4.49. The third-order valence-corrected chi connectivity index (χ3v) is 7.32. The number of rotatable bonds is 5. The molecule has 0 atom stereocenters. The van der Waals surface area contributed by atoms with E-state index < -0.39 is 0 Å². The summed E-state index contributed by atoms with van der Waals surface area (Å²) >= 11 is 1.34. The molecule has 0 aliphatic carbocycles. The Hall–Kier alpha value is -3.79. The van der Waals surface area contributed by atoms with Gasteiger partial charge < -0.3 is 14.5 Å². The lowest BCUT2D eigenvalue weighted by Gasteiger charge is -2.36. The van der Waals surface area contributed by atoms with Crippen LogP contribution in [-0.2, 0) is 0 Å². The fourth-order valence-electron chi connectivity index (χ4n) is 4.15. The molecule has 8 nitrogen and oxygen atoms in total. The monoisotopic (exact) mass is 492 g/mol. The average Bonchev–Trinajstić information content (AvgIpc) is 3.46. The van der Waals surface area contributed by atoms with Crippen molar-refractivity contribution in [2.75, 3.05) is 38.2 Å². The van der Waals surface area contributed by atoms with Gasteiger partial charge in [0.15, 0.2) is 0 Å². The number of hydrogen-bond donors (Lipinski definition) is 0. The molecule has 1 amide bonds. The molecule has 35 heavy (non-hydrogen) atoms. The number of thiazole rings is 1. The highest BCUT2D eigenvalue weighted by Gasteiger charge is 2.27. The van der Waals surface area contributed by atoms with Gasteiger partial charge in [-0.1, -0.05) is 5.21 Å². The van der Waals surface area contributed by atoms with Crippen LogP contribution in [0.15, 0.2) is 48.5 Å². The minimum Gasteiger partial charge on any atom is -0.497 e. The van der Waals surface area contributed by atoms with Gasteiger partial charge in [0.05, 0.1) is 24.2 Å². The van der Waals surface area contributed by atoms with Gasteiger partial charge in [-0.05, 0) is 62.4 Å². The minimum atomic E-state index is -0.310. The van der Waals surface area contributed by atoms with Crippen LogP contribution >= 0.6 is 11.3 Å². The van der Waals surface area contributed by atoms with Crippen LogP contribution in [-0.4, -0.2) is 64.1 Å². The SMILES string of the molecule is COc1ccc(N2CCN(C(=O)c3sc(-c4nnn(-c5ccc(F)cc5)c4C)nc3C)CC2)cc1. The minimum absolute atomic E-state index is 0.00999. The van der Waals surface area contributed by atoms with E-state index in [1.54, 1.807) is 23.9 Å². The maximum atomic E-state index is 13.3. The van der Waals surface area contributed by atoms with Gasteiger partial charge >= 0.3 is 0 Å². The van der Waals surface area contributed by atoms with Gasteiger partial charge in [-0.25, -0.2) is 14.1 Å². The number of anilines is 1. The third-order valence-electron chi connectivity index (χ3n) is 6.16. The fourth-order valence-corrected chi connectivity index (χ4v) is 5.23. The molecule has 0 N–H and O–H groups in total. The molecule has 0 saturated carbocycles. The number of aromatic nitrogens is 4. The molecule has 180 valence electrons. The van der Waals surface area contributed by atoms with Gasteiger partial charge in [0.1, 0.15) is 27.1 Å². The molecule has 0 bridgehead atoms. The Morgan fingerprint density at radius 1 is 0.971 bits per heavy atom. The Bertz CT molecular complexity index is 1340. The quantitative estimate of drug-likeness (QED) is 0.417. The molecule has 2 aromatic heterocycles. The van der Waals surface area contributed by atoms with E-state index in [-0.39, 0.29) is 11.7 Å². The van der Waals surface area contributed by atoms with Crippen molar-refractivity contribution < 1.29 is 13.9 Å². The summed E-state index contributed by atoms with van der Waals surface area (Å²) in [6.07, 6.45) is 0. The van der Waals surface area contributed by atoms with Gasteiger partial charge in [0.2, 0.25) is 0 Å². The summed E-state index contributed by atoms with van der Waals surface area (Å²) in [6, 6.07) is 14.0. The first-order valence-corrected chi connectivity index (χ1v) is 12.1. The van der Waals surface area contributed by atoms with Crippen molar-refractivity contribution in [3.8, 4) is 22.1 Å². The number of piperazine rings is 1. The number of methoxy groups -OCH3 is 1. The van der Waals surface area contributed by atoms with Crippen LogP contribution in [0, 0.1) is 19.7 Å². The van der Waals surface area contributed by atoms with Gasteiger partial charge in [-0.3, -0.25) is 4.79 Å². The first kappa shape index (κ1) is 23.0. The normalized spacial score (nSPS) is 13.8. The second kappa shape index (κ2) is 9.46. The summed E-state index contributed by atoms with van der Waals surface area (Å²) in [5.74, 6) is 0.506. The average molecular weight is 493 g/mol. The molecule has 0 unspecified atom stereocenters. The van der Waals surface area contributed by atoms with Crippen molar-refractivity contribution in [2.24, 2.45) is 0 Å². The highest BCUT2D eigenvalue weighted by molar-refractivity contribution is 7.17. The van der Waals surface area contributed by atoms with Crippen LogP contribution in [0.2, 0.25) is 0 Å². The smallest absolute Gasteiger partial charge is 0.265 e. The van der Waals surface area contributed by atoms with Crippen LogP contribution in [0.5, 0.6) is 5.75 Å². The molecule has 0 radical (unpaired) electrons. The molecule has 3 heterocycles. The van der Waals surface area contributed by atoms with Crippen molar-refractivity contribution >= 4 is 22.9 Å². The van der Waals surface area contributed by atoms with E-state index in [0.29, 0.717) is 40.0 Å². The highest BCUT2D eigenvalue weighted by Crippen LogP contribution is 2.31. The van der Waals surface area contributed by atoms with Gasteiger partial charge in [-0.2, -0.15) is 0 Å². The van der Waals surface area contributed by atoms with Gasteiger partial charge in [0, 0.05) is 31.9 Å². The first-order chi connectivity index (χ1) is 16.9. The first-order valence-electron chi connectivity index (χ1n) is 11.3. The zero-order chi connectivity index (χ0) is 24.5. The van der Waals surface area contributed by atoms with Crippen molar-refractivity contribution in [1.82, 2.24) is 24.9 Å². The maximum absolute atomic E-state index is 13.3. The number of carbonyl (C=O) groups excluding carboxylic acids is 1. The number of ether oxygens (including phenoxy) is 1. The molecule has 10 heteroatoms. The molecular formula is C25H25FN6O2S. The summed E-state index contributed by atoms with van der Waals surface area (Å²) < 4.78 is 20.2.